The van der Waals surface area contributed by atoms with Gasteiger partial charge in [-0.1, -0.05) is 146 Å². The number of fused-ring (bicyclic) bond motifs is 12. The summed E-state index contributed by atoms with van der Waals surface area (Å²) in [7, 11) is 0. The lowest BCUT2D eigenvalue weighted by atomic mass is 9.58. The van der Waals surface area contributed by atoms with Crippen LogP contribution in [0.15, 0.2) is 218 Å². The highest BCUT2D eigenvalue weighted by Gasteiger charge is 2.49. The highest BCUT2D eigenvalue weighted by atomic mass is 16.5. The van der Waals surface area contributed by atoms with E-state index >= 15 is 0 Å². The van der Waals surface area contributed by atoms with Crippen LogP contribution in [0.3, 0.4) is 0 Å². The number of nitrogens with zero attached hydrogens (tertiary/aromatic N) is 2. The lowest BCUT2D eigenvalue weighted by Gasteiger charge is -2.45. The molecule has 1 aliphatic heterocycles. The molecule has 3 nitrogen and oxygen atoms in total. The van der Waals surface area contributed by atoms with Gasteiger partial charge in [0.1, 0.15) is 11.5 Å². The number of anilines is 3. The van der Waals surface area contributed by atoms with Crippen molar-refractivity contribution in [2.45, 2.75) is 5.41 Å². The zero-order chi connectivity index (χ0) is 39.4. The second kappa shape index (κ2) is 12.6. The molecule has 1 aromatic heterocycles. The van der Waals surface area contributed by atoms with E-state index in [2.05, 4.69) is 228 Å². The van der Waals surface area contributed by atoms with Crippen LogP contribution in [0, 0.1) is 0 Å². The second-order valence-electron chi connectivity index (χ2n) is 16.0. The van der Waals surface area contributed by atoms with Crippen molar-refractivity contribution in [3.05, 3.63) is 241 Å². The van der Waals surface area contributed by atoms with Gasteiger partial charge in [-0.25, -0.2) is 0 Å². The number of aromatic nitrogens is 1. The van der Waals surface area contributed by atoms with Crippen LogP contribution < -0.4 is 9.64 Å². The van der Waals surface area contributed by atoms with Crippen molar-refractivity contribution >= 4 is 60.4 Å². The van der Waals surface area contributed by atoms with E-state index in [1.54, 1.807) is 0 Å². The fraction of sp³-hybridized carbons (Fsp3) is 0.0175. The van der Waals surface area contributed by atoms with Crippen LogP contribution in [0.2, 0.25) is 0 Å². The van der Waals surface area contributed by atoms with Crippen molar-refractivity contribution in [3.8, 4) is 28.3 Å². The van der Waals surface area contributed by atoms with E-state index in [1.807, 2.05) is 0 Å². The largest absolute Gasteiger partial charge is 0.457 e. The van der Waals surface area contributed by atoms with E-state index in [1.165, 1.54) is 65.6 Å². The van der Waals surface area contributed by atoms with E-state index < -0.39 is 5.41 Å². The first-order valence-corrected chi connectivity index (χ1v) is 20.7. The van der Waals surface area contributed by atoms with Crippen LogP contribution in [-0.4, -0.2) is 4.57 Å². The minimum absolute atomic E-state index is 0.635. The SMILES string of the molecule is c1ccc(N(c2ccc3c(c2)C2(c4ccccc4O3)c3ccccc3-c3cccc4cccc2c34)c2ccc3c(c2)c2ccccc2n3-c2ccc3ccccc3c2)cc1. The summed E-state index contributed by atoms with van der Waals surface area (Å²) in [6.45, 7) is 0. The Labute approximate surface area is 347 Å². The molecule has 0 amide bonds. The molecule has 1 unspecified atom stereocenters. The lowest BCUT2D eigenvalue weighted by Crippen LogP contribution is -2.36. The molecule has 60 heavy (non-hydrogen) atoms. The van der Waals surface area contributed by atoms with Crippen LogP contribution in [0.25, 0.3) is 60.2 Å². The topological polar surface area (TPSA) is 17.4 Å². The number of rotatable bonds is 4. The van der Waals surface area contributed by atoms with Crippen molar-refractivity contribution in [2.24, 2.45) is 0 Å². The molecule has 1 atom stereocenters. The summed E-state index contributed by atoms with van der Waals surface area (Å²) in [6, 6.07) is 79.8. The van der Waals surface area contributed by atoms with Gasteiger partial charge < -0.3 is 14.2 Å². The van der Waals surface area contributed by atoms with E-state index in [4.69, 9.17) is 4.74 Å². The predicted molar refractivity (Wildman–Crippen MR) is 248 cm³/mol. The molecule has 280 valence electrons. The molecule has 2 aliphatic rings. The van der Waals surface area contributed by atoms with Crippen molar-refractivity contribution in [3.63, 3.8) is 0 Å². The number of hydrogen-bond acceptors (Lipinski definition) is 2. The summed E-state index contributed by atoms with van der Waals surface area (Å²) >= 11 is 0. The van der Waals surface area contributed by atoms with Gasteiger partial charge in [0.25, 0.3) is 0 Å². The molecule has 13 rings (SSSR count). The van der Waals surface area contributed by atoms with Crippen molar-refractivity contribution < 1.29 is 4.74 Å². The molecule has 0 radical (unpaired) electrons. The summed E-state index contributed by atoms with van der Waals surface area (Å²) in [5.41, 5.74) is 13.4. The van der Waals surface area contributed by atoms with Crippen molar-refractivity contribution in [2.75, 3.05) is 4.90 Å². The van der Waals surface area contributed by atoms with E-state index in [0.29, 0.717) is 0 Å². The molecule has 11 aromatic rings. The third-order valence-electron chi connectivity index (χ3n) is 13.0. The summed E-state index contributed by atoms with van der Waals surface area (Å²) in [5, 5.41) is 7.41. The van der Waals surface area contributed by atoms with Gasteiger partial charge in [-0.2, -0.15) is 0 Å². The van der Waals surface area contributed by atoms with E-state index in [9.17, 15) is 0 Å². The van der Waals surface area contributed by atoms with Crippen LogP contribution in [0.5, 0.6) is 11.5 Å². The first-order chi connectivity index (χ1) is 29.8. The van der Waals surface area contributed by atoms with Crippen LogP contribution in [-0.2, 0) is 5.41 Å². The minimum Gasteiger partial charge on any atom is -0.457 e. The molecule has 0 saturated carbocycles. The number of benzene rings is 10. The Hall–Kier alpha value is -7.88. The Kier molecular flexibility index (Phi) is 6.93. The van der Waals surface area contributed by atoms with Gasteiger partial charge in [0.05, 0.1) is 16.4 Å². The molecule has 3 heteroatoms. The Balaban J connectivity index is 1.07. The van der Waals surface area contributed by atoms with Gasteiger partial charge in [0, 0.05) is 44.6 Å². The molecule has 2 heterocycles. The van der Waals surface area contributed by atoms with Crippen LogP contribution >= 0.6 is 0 Å². The minimum atomic E-state index is -0.635. The fourth-order valence-electron chi connectivity index (χ4n) is 10.5. The summed E-state index contributed by atoms with van der Waals surface area (Å²) in [4.78, 5) is 2.40. The Morgan fingerprint density at radius 2 is 1.02 bits per heavy atom. The van der Waals surface area contributed by atoms with Crippen LogP contribution in [0.1, 0.15) is 22.3 Å². The molecular formula is C57H36N2O. The average Bonchev–Trinajstić information content (AvgIpc) is 3.64. The lowest BCUT2D eigenvalue weighted by molar-refractivity contribution is 0.435. The molecule has 0 fully saturated rings. The average molecular weight is 765 g/mol. The van der Waals surface area contributed by atoms with Gasteiger partial charge in [-0.15, -0.1) is 0 Å². The van der Waals surface area contributed by atoms with Gasteiger partial charge in [-0.05, 0) is 117 Å². The Bertz CT molecular complexity index is 3540. The maximum atomic E-state index is 6.91. The molecule has 1 spiro atoms. The number of para-hydroxylation sites is 3. The third kappa shape index (κ3) is 4.54. The molecular weight excluding hydrogens is 729 g/mol. The van der Waals surface area contributed by atoms with Crippen molar-refractivity contribution in [1.29, 1.82) is 0 Å². The van der Waals surface area contributed by atoms with Gasteiger partial charge in [0.2, 0.25) is 0 Å². The Morgan fingerprint density at radius 1 is 0.367 bits per heavy atom. The van der Waals surface area contributed by atoms with Gasteiger partial charge in [-0.3, -0.25) is 0 Å². The predicted octanol–water partition coefficient (Wildman–Crippen LogP) is 15.0. The third-order valence-corrected chi connectivity index (χ3v) is 13.0. The second-order valence-corrected chi connectivity index (χ2v) is 16.0. The van der Waals surface area contributed by atoms with Gasteiger partial charge >= 0.3 is 0 Å². The summed E-state index contributed by atoms with van der Waals surface area (Å²) in [6.07, 6.45) is 0. The van der Waals surface area contributed by atoms with E-state index in [0.717, 1.165) is 45.4 Å². The number of ether oxygens (including phenoxy) is 1. The molecule has 0 bridgehead atoms. The highest BCUT2D eigenvalue weighted by Crippen LogP contribution is 2.61. The van der Waals surface area contributed by atoms with Crippen LogP contribution in [0.4, 0.5) is 17.1 Å². The zero-order valence-electron chi connectivity index (χ0n) is 32.6. The normalized spacial score (nSPS) is 14.9. The van der Waals surface area contributed by atoms with Crippen molar-refractivity contribution in [1.82, 2.24) is 4.57 Å². The maximum absolute atomic E-state index is 6.91. The first-order valence-electron chi connectivity index (χ1n) is 20.7. The maximum Gasteiger partial charge on any atom is 0.132 e. The first kappa shape index (κ1) is 33.1. The quantitative estimate of drug-likeness (QED) is 0.178. The van der Waals surface area contributed by atoms with Gasteiger partial charge in [0.15, 0.2) is 0 Å². The molecule has 1 aliphatic carbocycles. The number of hydrogen-bond donors (Lipinski definition) is 0. The molecule has 0 saturated heterocycles. The summed E-state index contributed by atoms with van der Waals surface area (Å²) in [5.74, 6) is 1.75. The van der Waals surface area contributed by atoms with E-state index in [-0.39, 0.29) is 0 Å². The molecule has 0 N–H and O–H groups in total. The molecule has 10 aromatic carbocycles. The fourth-order valence-corrected chi connectivity index (χ4v) is 10.5. The smallest absolute Gasteiger partial charge is 0.132 e. The standard InChI is InChI=1S/C57H36N2O/c1-2-18-40(19-3-1)58(42-30-32-53-47(35-42)45-21-7-10-26-52(45)59(53)41-29-28-37-14-4-5-15-39(37)34-41)43-31-33-55-51(36-43)57(49-24-9-11-27-54(49)60-55)48-23-8-6-20-44(48)46-22-12-16-38-17-13-25-50(57)56(38)46/h1-36H. The zero-order valence-corrected chi connectivity index (χ0v) is 32.6. The monoisotopic (exact) mass is 764 g/mol. The summed E-state index contributed by atoms with van der Waals surface area (Å²) < 4.78 is 9.31. The highest BCUT2D eigenvalue weighted by molar-refractivity contribution is 6.11. The Morgan fingerprint density at radius 3 is 1.93 bits per heavy atom.